The van der Waals surface area contributed by atoms with Crippen LogP contribution in [0.15, 0.2) is 48.6 Å². The van der Waals surface area contributed by atoms with E-state index >= 15 is 0 Å². The molecule has 0 saturated carbocycles. The maximum Gasteiger partial charge on any atom is 0.331 e. The van der Waals surface area contributed by atoms with E-state index in [-0.39, 0.29) is 23.0 Å². The molecule has 0 unspecified atom stereocenters. The van der Waals surface area contributed by atoms with Crippen LogP contribution in [-0.2, 0) is 38.0 Å². The van der Waals surface area contributed by atoms with Crippen molar-refractivity contribution < 1.29 is 108 Å². The highest BCUT2D eigenvalue weighted by Crippen LogP contribution is 2.39. The number of methoxy groups -OCH3 is 2. The highest BCUT2D eigenvalue weighted by atomic mass is 16.8. The maximum absolute atomic E-state index is 13.1. The Labute approximate surface area is 341 Å². The first-order chi connectivity index (χ1) is 28.6. The molecule has 22 heteroatoms. The Morgan fingerprint density at radius 1 is 0.667 bits per heavy atom. The summed E-state index contributed by atoms with van der Waals surface area (Å²) in [7, 11) is 2.62. The molecule has 22 nitrogen and oxygen atoms in total. The van der Waals surface area contributed by atoms with Crippen molar-refractivity contribution in [1.29, 1.82) is 0 Å². The van der Waals surface area contributed by atoms with E-state index < -0.39 is 124 Å². The summed E-state index contributed by atoms with van der Waals surface area (Å²) in [6.07, 6.45) is -17.8. The van der Waals surface area contributed by atoms with Gasteiger partial charge in [-0.1, -0.05) is 12.1 Å². The summed E-state index contributed by atoms with van der Waals surface area (Å²) in [6.45, 7) is -3.45. The average molecular weight is 857 g/mol. The molecule has 11 N–H and O–H groups in total. The smallest absolute Gasteiger partial charge is 0.331 e. The number of esters is 2. The van der Waals surface area contributed by atoms with Crippen molar-refractivity contribution in [2.45, 2.75) is 85.5 Å². The zero-order valence-corrected chi connectivity index (χ0v) is 32.0. The van der Waals surface area contributed by atoms with Gasteiger partial charge in [-0.2, -0.15) is 0 Å². The normalized spacial score (nSPS) is 34.4. The van der Waals surface area contributed by atoms with E-state index in [9.17, 15) is 65.8 Å². The molecular weight excluding hydrogens is 808 g/mol. The predicted octanol–water partition coefficient (Wildman–Crippen LogP) is -3.97. The molecule has 0 aliphatic carbocycles. The minimum Gasteiger partial charge on any atom is -0.504 e. The monoisotopic (exact) mass is 856 g/mol. The van der Waals surface area contributed by atoms with E-state index in [0.29, 0.717) is 11.1 Å². The van der Waals surface area contributed by atoms with Gasteiger partial charge in [-0.3, -0.25) is 0 Å². The van der Waals surface area contributed by atoms with Crippen molar-refractivity contribution in [3.05, 3.63) is 59.7 Å². The van der Waals surface area contributed by atoms with Crippen LogP contribution in [0.5, 0.6) is 23.0 Å². The van der Waals surface area contributed by atoms with Gasteiger partial charge < -0.3 is 98.8 Å². The fourth-order valence-corrected chi connectivity index (χ4v) is 6.44. The van der Waals surface area contributed by atoms with Crippen molar-refractivity contribution in [3.8, 4) is 23.0 Å². The third kappa shape index (κ3) is 10.3. The maximum atomic E-state index is 13.1. The van der Waals surface area contributed by atoms with Crippen LogP contribution in [0.3, 0.4) is 0 Å². The van der Waals surface area contributed by atoms with Gasteiger partial charge in [0.2, 0.25) is 12.1 Å². The second-order valence-electron chi connectivity index (χ2n) is 13.7. The predicted molar refractivity (Wildman–Crippen MR) is 197 cm³/mol. The minimum absolute atomic E-state index is 0.0264. The molecule has 332 valence electrons. The number of carbonyl (C=O) groups excluding carboxylic acids is 2. The van der Waals surface area contributed by atoms with Gasteiger partial charge in [0.1, 0.15) is 74.3 Å². The Kier molecular flexibility index (Phi) is 15.8. The minimum atomic E-state index is -2.57. The van der Waals surface area contributed by atoms with Crippen LogP contribution in [0.2, 0.25) is 0 Å². The highest BCUT2D eigenvalue weighted by molar-refractivity contribution is 5.88. The van der Waals surface area contributed by atoms with E-state index in [4.69, 9.17) is 42.6 Å². The number of rotatable bonds is 16. The number of hydrogen-bond acceptors (Lipinski definition) is 22. The number of aromatic hydroxyl groups is 1. The molecular formula is C38H48O22. The van der Waals surface area contributed by atoms with Gasteiger partial charge in [0.15, 0.2) is 35.4 Å². The lowest BCUT2D eigenvalue weighted by Crippen LogP contribution is -2.63. The Hall–Kier alpha value is -4.50. The first-order valence-electron chi connectivity index (χ1n) is 18.3. The van der Waals surface area contributed by atoms with Crippen molar-refractivity contribution in [3.63, 3.8) is 0 Å². The van der Waals surface area contributed by atoms with E-state index in [0.717, 1.165) is 12.2 Å². The van der Waals surface area contributed by atoms with Gasteiger partial charge in [0.05, 0.1) is 27.4 Å². The number of hydrogen-bond donors (Lipinski definition) is 11. The van der Waals surface area contributed by atoms with Gasteiger partial charge in [-0.05, 0) is 47.5 Å². The molecule has 0 radical (unpaired) electrons. The number of carbonyl (C=O) groups is 2. The van der Waals surface area contributed by atoms with E-state index in [1.807, 2.05) is 0 Å². The number of phenolic OH excluding ortho intramolecular Hbond substituents is 1. The van der Waals surface area contributed by atoms with Gasteiger partial charge >= 0.3 is 11.9 Å². The first kappa shape index (κ1) is 46.6. The standard InChI is InChI=1S/C38H48O22/c1-52-21-11-17(3-7-19(21)42)6-10-27(44)58-35-30(47)25(59-38(35,16-41)60-37-34(51)32(49)29(46)24(14-40)57-37)15-54-26(43)9-5-18-4-8-20(22(12-18)53-2)55-36-33(50)31(48)28(45)23(13-39)56-36/h3-12,23-25,28-37,39-42,45-51H,13-16H2,1-2H3/t23-,24-,25-,28-,29-,30-,31+,32+,33-,34-,35+,36-,37-,38+/m1/s1. The molecule has 0 bridgehead atoms. The van der Waals surface area contributed by atoms with Crippen molar-refractivity contribution in [1.82, 2.24) is 0 Å². The Morgan fingerprint density at radius 2 is 1.22 bits per heavy atom. The molecule has 3 saturated heterocycles. The van der Waals surface area contributed by atoms with Crippen molar-refractivity contribution >= 4 is 24.1 Å². The van der Waals surface area contributed by atoms with Crippen molar-refractivity contribution in [2.24, 2.45) is 0 Å². The van der Waals surface area contributed by atoms with Crippen LogP contribution in [0, 0.1) is 0 Å². The zero-order chi connectivity index (χ0) is 43.9. The Morgan fingerprint density at radius 3 is 1.80 bits per heavy atom. The summed E-state index contributed by atoms with van der Waals surface area (Å²) in [5.74, 6) is -4.63. The lowest BCUT2D eigenvalue weighted by Gasteiger charge is -2.43. The van der Waals surface area contributed by atoms with Crippen LogP contribution in [-0.4, -0.2) is 194 Å². The average Bonchev–Trinajstić information content (AvgIpc) is 3.51. The Balaban J connectivity index is 1.29. The fourth-order valence-electron chi connectivity index (χ4n) is 6.44. The molecule has 0 spiro atoms. The van der Waals surface area contributed by atoms with E-state index in [1.54, 1.807) is 0 Å². The summed E-state index contributed by atoms with van der Waals surface area (Å²) in [5.41, 5.74) is 0.740. The fraction of sp³-hybridized carbons (Fsp3) is 0.526. The number of aliphatic hydroxyl groups excluding tert-OH is 10. The molecule has 3 aliphatic heterocycles. The van der Waals surface area contributed by atoms with Crippen LogP contribution in [0.1, 0.15) is 11.1 Å². The lowest BCUT2D eigenvalue weighted by atomic mass is 9.99. The van der Waals surface area contributed by atoms with Crippen LogP contribution >= 0.6 is 0 Å². The van der Waals surface area contributed by atoms with E-state index in [2.05, 4.69) is 0 Å². The summed E-state index contributed by atoms with van der Waals surface area (Å²) < 4.78 is 49.0. The van der Waals surface area contributed by atoms with Crippen LogP contribution < -0.4 is 14.2 Å². The molecule has 60 heavy (non-hydrogen) atoms. The molecule has 3 heterocycles. The number of phenols is 1. The van der Waals surface area contributed by atoms with Gasteiger partial charge in [-0.25, -0.2) is 9.59 Å². The van der Waals surface area contributed by atoms with Gasteiger partial charge in [0.25, 0.3) is 0 Å². The molecule has 0 aromatic heterocycles. The van der Waals surface area contributed by atoms with Gasteiger partial charge in [-0.15, -0.1) is 0 Å². The summed E-state index contributed by atoms with van der Waals surface area (Å²) in [4.78, 5) is 25.9. The summed E-state index contributed by atoms with van der Waals surface area (Å²) >= 11 is 0. The number of ether oxygens (including phenoxy) is 9. The van der Waals surface area contributed by atoms with Crippen molar-refractivity contribution in [2.75, 3.05) is 40.6 Å². The molecule has 2 aromatic rings. The number of benzene rings is 2. The lowest BCUT2D eigenvalue weighted by molar-refractivity contribution is -0.383. The molecule has 14 atom stereocenters. The zero-order valence-electron chi connectivity index (χ0n) is 32.0. The second-order valence-corrected chi connectivity index (χ2v) is 13.7. The third-order valence-electron chi connectivity index (χ3n) is 9.80. The first-order valence-corrected chi connectivity index (χ1v) is 18.3. The number of aliphatic hydroxyl groups is 10. The second kappa shape index (κ2) is 20.4. The highest BCUT2D eigenvalue weighted by Gasteiger charge is 2.61. The molecule has 0 amide bonds. The third-order valence-corrected chi connectivity index (χ3v) is 9.80. The van der Waals surface area contributed by atoms with Gasteiger partial charge in [0, 0.05) is 12.2 Å². The molecule has 2 aromatic carbocycles. The molecule has 3 fully saturated rings. The Bertz CT molecular complexity index is 1820. The largest absolute Gasteiger partial charge is 0.504 e. The summed E-state index contributed by atoms with van der Waals surface area (Å²) in [6, 6.07) is 8.43. The topological polar surface area (TPSA) is 340 Å². The van der Waals surface area contributed by atoms with E-state index in [1.165, 1.54) is 62.8 Å². The molecule has 3 aliphatic rings. The SMILES string of the molecule is COc1cc(C=CC(=O)O[C@H]2[C@H](O)[C@@H](COC(=O)C=Cc3ccc(O[C@@H]4O[C@H](CO)[C@@H](O)[C@H](O)[C@H]4O)c(OC)c3)O[C@@]2(CO)O[C@H]2O[C@H](CO)[C@@H](O)[C@H](O)[C@H]2O)ccc1O. The molecule has 5 rings (SSSR count). The quantitative estimate of drug-likeness (QED) is 0.0567. The summed E-state index contributed by atoms with van der Waals surface area (Å²) in [5, 5.41) is 112. The van der Waals surface area contributed by atoms with Crippen LogP contribution in [0.25, 0.3) is 12.2 Å². The van der Waals surface area contributed by atoms with Crippen LogP contribution in [0.4, 0.5) is 0 Å².